The number of anilines is 1. The lowest BCUT2D eigenvalue weighted by molar-refractivity contribution is -0.111. The van der Waals surface area contributed by atoms with Crippen LogP contribution in [-0.4, -0.2) is 16.7 Å². The Bertz CT molecular complexity index is 776. The average molecular weight is 326 g/mol. The molecule has 0 aliphatic heterocycles. The topological polar surface area (TPSA) is 59.1 Å². The zero-order valence-electron chi connectivity index (χ0n) is 13.1. The van der Waals surface area contributed by atoms with Crippen LogP contribution >= 0.6 is 11.3 Å². The molecule has 0 radical (unpaired) electrons. The summed E-state index contributed by atoms with van der Waals surface area (Å²) in [7, 11) is 0. The lowest BCUT2D eigenvalue weighted by Crippen LogP contribution is -2.26. The standard InChI is InChI=1S/C18H18N2O2S/c1-18(2)10-13-16(14(21)11-18)23-17(19-13)20-15(22)9-8-12-6-4-3-5-7-12/h3-9H,10-11H2,1-2H3,(H,19,20,22). The molecule has 5 heteroatoms. The highest BCUT2D eigenvalue weighted by Crippen LogP contribution is 2.38. The number of carbonyl (C=O) groups is 2. The Morgan fingerprint density at radius 2 is 2.00 bits per heavy atom. The number of nitrogens with zero attached hydrogens (tertiary/aromatic N) is 1. The molecule has 23 heavy (non-hydrogen) atoms. The van der Waals surface area contributed by atoms with Gasteiger partial charge in [-0.15, -0.1) is 0 Å². The summed E-state index contributed by atoms with van der Waals surface area (Å²) in [5.74, 6) is -0.124. The lowest BCUT2D eigenvalue weighted by atomic mass is 9.78. The van der Waals surface area contributed by atoms with E-state index in [1.807, 2.05) is 30.3 Å². The summed E-state index contributed by atoms with van der Waals surface area (Å²) in [6, 6.07) is 9.61. The van der Waals surface area contributed by atoms with Crippen LogP contribution in [0, 0.1) is 5.41 Å². The molecule has 0 unspecified atom stereocenters. The van der Waals surface area contributed by atoms with Crippen LogP contribution in [-0.2, 0) is 11.2 Å². The molecule has 0 saturated carbocycles. The largest absolute Gasteiger partial charge is 0.298 e. The van der Waals surface area contributed by atoms with Crippen LogP contribution < -0.4 is 5.32 Å². The summed E-state index contributed by atoms with van der Waals surface area (Å²) in [6.07, 6.45) is 4.52. The van der Waals surface area contributed by atoms with Crippen molar-refractivity contribution in [2.24, 2.45) is 5.41 Å². The molecule has 4 nitrogen and oxygen atoms in total. The molecule has 1 aromatic carbocycles. The van der Waals surface area contributed by atoms with Crippen molar-refractivity contribution >= 4 is 34.2 Å². The van der Waals surface area contributed by atoms with Crippen molar-refractivity contribution in [1.82, 2.24) is 4.98 Å². The molecule has 0 atom stereocenters. The Hall–Kier alpha value is -2.27. The molecule has 1 N–H and O–H groups in total. The maximum Gasteiger partial charge on any atom is 0.250 e. The van der Waals surface area contributed by atoms with Gasteiger partial charge in [0.2, 0.25) is 5.91 Å². The average Bonchev–Trinajstić information content (AvgIpc) is 2.87. The second kappa shape index (κ2) is 6.08. The van der Waals surface area contributed by atoms with Gasteiger partial charge in [0.25, 0.3) is 0 Å². The number of thiazole rings is 1. The van der Waals surface area contributed by atoms with Crippen molar-refractivity contribution in [2.75, 3.05) is 5.32 Å². The van der Waals surface area contributed by atoms with Crippen molar-refractivity contribution in [2.45, 2.75) is 26.7 Å². The van der Waals surface area contributed by atoms with E-state index in [9.17, 15) is 9.59 Å². The molecule has 1 aliphatic carbocycles. The van der Waals surface area contributed by atoms with E-state index in [0.29, 0.717) is 16.4 Å². The Kier molecular flexibility index (Phi) is 4.13. The SMILES string of the molecule is CC1(C)CC(=O)c2sc(NC(=O)C=Cc3ccccc3)nc2C1. The number of rotatable bonds is 3. The smallest absolute Gasteiger partial charge is 0.250 e. The van der Waals surface area contributed by atoms with Gasteiger partial charge >= 0.3 is 0 Å². The van der Waals surface area contributed by atoms with E-state index in [4.69, 9.17) is 0 Å². The Balaban J connectivity index is 1.71. The summed E-state index contributed by atoms with van der Waals surface area (Å²) in [5.41, 5.74) is 1.70. The fraction of sp³-hybridized carbons (Fsp3) is 0.278. The highest BCUT2D eigenvalue weighted by atomic mass is 32.1. The molecular weight excluding hydrogens is 308 g/mol. The predicted octanol–water partition coefficient (Wildman–Crippen LogP) is 3.95. The van der Waals surface area contributed by atoms with Gasteiger partial charge in [0.05, 0.1) is 10.6 Å². The summed E-state index contributed by atoms with van der Waals surface area (Å²) in [4.78, 5) is 29.3. The van der Waals surface area contributed by atoms with Crippen molar-refractivity contribution in [3.8, 4) is 0 Å². The normalized spacial score (nSPS) is 16.3. The van der Waals surface area contributed by atoms with Crippen molar-refractivity contribution < 1.29 is 9.59 Å². The van der Waals surface area contributed by atoms with Gasteiger partial charge in [-0.3, -0.25) is 14.9 Å². The van der Waals surface area contributed by atoms with Gasteiger partial charge in [-0.05, 0) is 23.5 Å². The number of hydrogen-bond donors (Lipinski definition) is 1. The third-order valence-electron chi connectivity index (χ3n) is 3.69. The minimum atomic E-state index is -0.244. The lowest BCUT2D eigenvalue weighted by Gasteiger charge is -2.26. The summed E-state index contributed by atoms with van der Waals surface area (Å²) in [5, 5.41) is 3.24. The summed E-state index contributed by atoms with van der Waals surface area (Å²) in [6.45, 7) is 4.13. The highest BCUT2D eigenvalue weighted by molar-refractivity contribution is 7.17. The van der Waals surface area contributed by atoms with E-state index in [2.05, 4.69) is 24.1 Å². The van der Waals surface area contributed by atoms with Gasteiger partial charge in [0.15, 0.2) is 10.9 Å². The first-order valence-electron chi connectivity index (χ1n) is 7.50. The van der Waals surface area contributed by atoms with E-state index >= 15 is 0 Å². The van der Waals surface area contributed by atoms with Crippen molar-refractivity contribution in [3.05, 3.63) is 52.5 Å². The van der Waals surface area contributed by atoms with Gasteiger partial charge < -0.3 is 0 Å². The fourth-order valence-corrected chi connectivity index (χ4v) is 3.58. The molecule has 0 spiro atoms. The highest BCUT2D eigenvalue weighted by Gasteiger charge is 2.33. The van der Waals surface area contributed by atoms with Crippen LogP contribution in [0.3, 0.4) is 0 Å². The van der Waals surface area contributed by atoms with Gasteiger partial charge in [-0.25, -0.2) is 4.98 Å². The first-order valence-corrected chi connectivity index (χ1v) is 8.32. The number of amides is 1. The van der Waals surface area contributed by atoms with E-state index in [0.717, 1.165) is 17.7 Å². The Morgan fingerprint density at radius 1 is 1.26 bits per heavy atom. The van der Waals surface area contributed by atoms with E-state index < -0.39 is 0 Å². The molecule has 1 aliphatic rings. The molecule has 0 saturated heterocycles. The van der Waals surface area contributed by atoms with Gasteiger partial charge in [0, 0.05) is 12.5 Å². The van der Waals surface area contributed by atoms with Gasteiger partial charge in [-0.2, -0.15) is 0 Å². The minimum absolute atomic E-state index is 0.0628. The fourth-order valence-electron chi connectivity index (χ4n) is 2.66. The Morgan fingerprint density at radius 3 is 2.74 bits per heavy atom. The zero-order chi connectivity index (χ0) is 16.4. The third kappa shape index (κ3) is 3.74. The third-order valence-corrected chi connectivity index (χ3v) is 4.75. The molecule has 118 valence electrons. The molecule has 1 heterocycles. The number of ketones is 1. The van der Waals surface area contributed by atoms with Crippen LogP contribution in [0.2, 0.25) is 0 Å². The second-order valence-corrected chi connectivity index (χ2v) is 7.47. The molecule has 0 bridgehead atoms. The number of carbonyl (C=O) groups excluding carboxylic acids is 2. The number of aromatic nitrogens is 1. The van der Waals surface area contributed by atoms with Gasteiger partial charge in [-0.1, -0.05) is 55.5 Å². The van der Waals surface area contributed by atoms with E-state index in [1.165, 1.54) is 17.4 Å². The maximum atomic E-state index is 12.2. The van der Waals surface area contributed by atoms with Crippen LogP contribution in [0.25, 0.3) is 6.08 Å². The first kappa shape index (κ1) is 15.6. The van der Waals surface area contributed by atoms with Crippen molar-refractivity contribution in [3.63, 3.8) is 0 Å². The van der Waals surface area contributed by atoms with Gasteiger partial charge in [0.1, 0.15) is 0 Å². The Labute approximate surface area is 139 Å². The van der Waals surface area contributed by atoms with Crippen LogP contribution in [0.15, 0.2) is 36.4 Å². The summed E-state index contributed by atoms with van der Waals surface area (Å²) >= 11 is 1.27. The molecule has 3 rings (SSSR count). The number of Topliss-reactive ketones (excluding diaryl/α,β-unsaturated/α-hetero) is 1. The quantitative estimate of drug-likeness (QED) is 0.869. The monoisotopic (exact) mass is 326 g/mol. The van der Waals surface area contributed by atoms with Crippen LogP contribution in [0.4, 0.5) is 5.13 Å². The van der Waals surface area contributed by atoms with E-state index in [-0.39, 0.29) is 17.1 Å². The number of nitrogens with one attached hydrogen (secondary N) is 1. The van der Waals surface area contributed by atoms with Crippen LogP contribution in [0.5, 0.6) is 0 Å². The molecule has 1 aromatic heterocycles. The molecular formula is C18H18N2O2S. The molecule has 2 aromatic rings. The molecule has 0 fully saturated rings. The number of fused-ring (bicyclic) bond motifs is 1. The van der Waals surface area contributed by atoms with Crippen LogP contribution in [0.1, 0.15) is 41.2 Å². The maximum absolute atomic E-state index is 12.2. The van der Waals surface area contributed by atoms with Crippen molar-refractivity contribution in [1.29, 1.82) is 0 Å². The molecule has 1 amide bonds. The number of hydrogen-bond acceptors (Lipinski definition) is 4. The summed E-state index contributed by atoms with van der Waals surface area (Å²) < 4.78 is 0. The predicted molar refractivity (Wildman–Crippen MR) is 92.7 cm³/mol. The first-order chi connectivity index (χ1) is 10.9. The number of benzene rings is 1. The zero-order valence-corrected chi connectivity index (χ0v) is 13.9. The van der Waals surface area contributed by atoms with E-state index in [1.54, 1.807) is 6.08 Å². The minimum Gasteiger partial charge on any atom is -0.298 e. The second-order valence-electron chi connectivity index (χ2n) is 6.47.